The molecule has 1 aliphatic rings. The lowest BCUT2D eigenvalue weighted by atomic mass is 10.6. The summed E-state index contributed by atoms with van der Waals surface area (Å²) < 4.78 is 8.96. The van der Waals surface area contributed by atoms with Crippen LogP contribution in [0.4, 0.5) is 0 Å². The summed E-state index contributed by atoms with van der Waals surface area (Å²) in [5, 5.41) is 0. The van der Waals surface area contributed by atoms with E-state index in [-0.39, 0.29) is 0 Å². The summed E-state index contributed by atoms with van der Waals surface area (Å²) in [5.74, 6) is 0. The van der Waals surface area contributed by atoms with Gasteiger partial charge in [0.15, 0.2) is 0 Å². The van der Waals surface area contributed by atoms with Crippen molar-refractivity contribution in [1.29, 1.82) is 0 Å². The van der Waals surface area contributed by atoms with E-state index < -0.39 is 0 Å². The van der Waals surface area contributed by atoms with Crippen LogP contribution in [0.2, 0.25) is 0 Å². The molecule has 0 aromatic carbocycles. The molecule has 1 unspecified atom stereocenters. The molecular weight excluding hydrogens is 92.1 g/mol. The van der Waals surface area contributed by atoms with Gasteiger partial charge >= 0.3 is 0 Å². The quantitative estimate of drug-likeness (QED) is 0.421. The van der Waals surface area contributed by atoms with Crippen LogP contribution < -0.4 is 0 Å². The third-order valence-corrected chi connectivity index (χ3v) is 0.500. The van der Waals surface area contributed by atoms with E-state index in [1.54, 1.807) is 14.2 Å². The molecule has 7 heavy (non-hydrogen) atoms. The van der Waals surface area contributed by atoms with Crippen LogP contribution in [0.1, 0.15) is 6.92 Å². The van der Waals surface area contributed by atoms with Gasteiger partial charge in [-0.1, -0.05) is 0 Å². The average molecular weight is 104 g/mol. The average Bonchev–Trinajstić information content (AvgIpc) is 2.25. The first-order valence-corrected chi connectivity index (χ1v) is 2.33. The molecule has 0 saturated carbocycles. The molecule has 0 radical (unpaired) electrons. The summed E-state index contributed by atoms with van der Waals surface area (Å²) in [4.78, 5) is 0. The molecule has 1 aliphatic heterocycles. The Morgan fingerprint density at radius 3 is 1.71 bits per heavy atom. The van der Waals surface area contributed by atoms with Gasteiger partial charge in [0.1, 0.15) is 0 Å². The molecule has 1 atom stereocenters. The Hall–Kier alpha value is -0.0800. The van der Waals surface area contributed by atoms with E-state index in [0.717, 1.165) is 6.61 Å². The molecule has 0 aromatic heterocycles. The lowest BCUT2D eigenvalue weighted by Gasteiger charge is -1.61. The van der Waals surface area contributed by atoms with Crippen molar-refractivity contribution in [1.82, 2.24) is 0 Å². The van der Waals surface area contributed by atoms with Crippen LogP contribution in [0.25, 0.3) is 0 Å². The summed E-state index contributed by atoms with van der Waals surface area (Å²) in [5.41, 5.74) is 0. The fourth-order valence-corrected chi connectivity index (χ4v) is 0.0962. The van der Waals surface area contributed by atoms with Crippen LogP contribution in [-0.2, 0) is 9.47 Å². The van der Waals surface area contributed by atoms with E-state index in [1.165, 1.54) is 0 Å². The molecule has 1 fully saturated rings. The van der Waals surface area contributed by atoms with Crippen LogP contribution in [0.15, 0.2) is 0 Å². The van der Waals surface area contributed by atoms with E-state index in [1.807, 2.05) is 0 Å². The third kappa shape index (κ3) is 10.7. The molecule has 2 heteroatoms. The van der Waals surface area contributed by atoms with Crippen molar-refractivity contribution in [2.75, 3.05) is 20.8 Å². The van der Waals surface area contributed by atoms with Gasteiger partial charge in [-0.25, -0.2) is 0 Å². The highest BCUT2D eigenvalue weighted by Gasteiger charge is 2.13. The summed E-state index contributed by atoms with van der Waals surface area (Å²) in [6, 6.07) is 0. The van der Waals surface area contributed by atoms with Gasteiger partial charge in [-0.2, -0.15) is 0 Å². The summed E-state index contributed by atoms with van der Waals surface area (Å²) in [7, 11) is 3.25. The van der Waals surface area contributed by atoms with Crippen LogP contribution >= 0.6 is 0 Å². The highest BCUT2D eigenvalue weighted by atomic mass is 16.6. The van der Waals surface area contributed by atoms with E-state index in [9.17, 15) is 0 Å². The second kappa shape index (κ2) is 4.09. The minimum absolute atomic E-state index is 0.583. The number of hydrogen-bond acceptors (Lipinski definition) is 2. The van der Waals surface area contributed by atoms with Crippen molar-refractivity contribution in [2.24, 2.45) is 0 Å². The Balaban J connectivity index is 0.000000110. The predicted molar refractivity (Wildman–Crippen MR) is 28.3 cm³/mol. The number of hydrogen-bond donors (Lipinski definition) is 0. The second-order valence-electron chi connectivity index (χ2n) is 1.55. The maximum absolute atomic E-state index is 4.71. The zero-order chi connectivity index (χ0) is 5.70. The zero-order valence-electron chi connectivity index (χ0n) is 5.10. The molecule has 2 nitrogen and oxygen atoms in total. The topological polar surface area (TPSA) is 21.8 Å². The fourth-order valence-electron chi connectivity index (χ4n) is 0.0962. The maximum atomic E-state index is 4.71. The Kier molecular flexibility index (Phi) is 4.04. The van der Waals surface area contributed by atoms with Gasteiger partial charge in [0, 0.05) is 14.2 Å². The van der Waals surface area contributed by atoms with Crippen molar-refractivity contribution in [3.05, 3.63) is 0 Å². The van der Waals surface area contributed by atoms with Gasteiger partial charge in [-0.15, -0.1) is 0 Å². The zero-order valence-corrected chi connectivity index (χ0v) is 5.10. The first kappa shape index (κ1) is 6.92. The maximum Gasteiger partial charge on any atom is 0.0781 e. The predicted octanol–water partition coefficient (Wildman–Crippen LogP) is 0.668. The van der Waals surface area contributed by atoms with Crippen molar-refractivity contribution in [2.45, 2.75) is 13.0 Å². The van der Waals surface area contributed by atoms with Gasteiger partial charge in [-0.05, 0) is 6.92 Å². The van der Waals surface area contributed by atoms with E-state index in [2.05, 4.69) is 11.7 Å². The Morgan fingerprint density at radius 1 is 1.57 bits per heavy atom. The summed E-state index contributed by atoms with van der Waals surface area (Å²) in [6.45, 7) is 3.04. The Labute approximate surface area is 44.4 Å². The van der Waals surface area contributed by atoms with Crippen LogP contribution in [0, 0.1) is 0 Å². The number of ether oxygens (including phenoxy) is 2. The van der Waals surface area contributed by atoms with E-state index >= 15 is 0 Å². The molecular formula is C5H12O2. The number of rotatable bonds is 0. The normalized spacial score (nSPS) is 25.3. The van der Waals surface area contributed by atoms with Gasteiger partial charge in [0.25, 0.3) is 0 Å². The van der Waals surface area contributed by atoms with Gasteiger partial charge in [0.05, 0.1) is 12.7 Å². The Morgan fingerprint density at radius 2 is 1.71 bits per heavy atom. The lowest BCUT2D eigenvalue weighted by Crippen LogP contribution is -1.60. The molecule has 0 N–H and O–H groups in total. The van der Waals surface area contributed by atoms with Crippen molar-refractivity contribution in [3.8, 4) is 0 Å². The van der Waals surface area contributed by atoms with Crippen molar-refractivity contribution in [3.63, 3.8) is 0 Å². The molecule has 0 aliphatic carbocycles. The van der Waals surface area contributed by atoms with Crippen molar-refractivity contribution < 1.29 is 9.47 Å². The summed E-state index contributed by atoms with van der Waals surface area (Å²) >= 11 is 0. The van der Waals surface area contributed by atoms with Crippen LogP contribution in [0.3, 0.4) is 0 Å². The highest BCUT2D eigenvalue weighted by molar-refractivity contribution is 4.58. The SMILES string of the molecule is CC1CO1.COC. The molecule has 44 valence electrons. The van der Waals surface area contributed by atoms with Crippen LogP contribution in [0.5, 0.6) is 0 Å². The molecule has 1 rings (SSSR count). The molecule has 1 heterocycles. The molecule has 0 aromatic rings. The van der Waals surface area contributed by atoms with Crippen LogP contribution in [-0.4, -0.2) is 26.9 Å². The van der Waals surface area contributed by atoms with Gasteiger partial charge in [-0.3, -0.25) is 0 Å². The highest BCUT2D eigenvalue weighted by Crippen LogP contribution is 2.04. The summed E-state index contributed by atoms with van der Waals surface area (Å²) in [6.07, 6.45) is 0.583. The lowest BCUT2D eigenvalue weighted by molar-refractivity contribution is 0.277. The largest absolute Gasteiger partial charge is 0.388 e. The monoisotopic (exact) mass is 104 g/mol. The minimum Gasteiger partial charge on any atom is -0.388 e. The number of methoxy groups -OCH3 is 1. The van der Waals surface area contributed by atoms with Gasteiger partial charge in [0.2, 0.25) is 0 Å². The first-order chi connectivity index (χ1) is 3.31. The second-order valence-corrected chi connectivity index (χ2v) is 1.55. The van der Waals surface area contributed by atoms with E-state index in [0.29, 0.717) is 6.10 Å². The molecule has 0 spiro atoms. The molecule has 1 saturated heterocycles. The number of epoxide rings is 1. The molecule has 0 amide bonds. The van der Waals surface area contributed by atoms with Gasteiger partial charge < -0.3 is 9.47 Å². The standard InChI is InChI=1S/C3H6O.C2H6O/c1-3-2-4-3;1-3-2/h3H,2H2,1H3;1-2H3. The fraction of sp³-hybridized carbons (Fsp3) is 1.00. The van der Waals surface area contributed by atoms with Crippen molar-refractivity contribution >= 4 is 0 Å². The Bertz CT molecular complexity index is 33.1. The third-order valence-electron chi connectivity index (χ3n) is 0.500. The smallest absolute Gasteiger partial charge is 0.0781 e. The first-order valence-electron chi connectivity index (χ1n) is 2.33. The van der Waals surface area contributed by atoms with E-state index in [4.69, 9.17) is 4.74 Å². The molecule has 0 bridgehead atoms. The minimum atomic E-state index is 0.583.